The minimum atomic E-state index is -0.508. The van der Waals surface area contributed by atoms with Gasteiger partial charge in [-0.2, -0.15) is 0 Å². The number of β-amino-alcohol motifs (C(OH)–C–C–N with tert-alkyl or cyclic N) is 1. The summed E-state index contributed by atoms with van der Waals surface area (Å²) in [6.07, 6.45) is -0.508. The number of benzene rings is 2. The van der Waals surface area contributed by atoms with Crippen molar-refractivity contribution < 1.29 is 14.6 Å². The zero-order valence-electron chi connectivity index (χ0n) is 15.6. The molecule has 0 saturated carbocycles. The zero-order chi connectivity index (χ0) is 18.4. The molecule has 1 heterocycles. The Labute approximate surface area is 155 Å². The quantitative estimate of drug-likeness (QED) is 0.826. The van der Waals surface area contributed by atoms with Crippen molar-refractivity contribution in [2.45, 2.75) is 13.0 Å². The average molecular weight is 356 g/mol. The van der Waals surface area contributed by atoms with Gasteiger partial charge >= 0.3 is 0 Å². The van der Waals surface area contributed by atoms with Gasteiger partial charge in [0.15, 0.2) is 0 Å². The summed E-state index contributed by atoms with van der Waals surface area (Å²) >= 11 is 0. The van der Waals surface area contributed by atoms with Gasteiger partial charge in [0, 0.05) is 44.5 Å². The van der Waals surface area contributed by atoms with Gasteiger partial charge in [-0.05, 0) is 30.7 Å². The van der Waals surface area contributed by atoms with Gasteiger partial charge in [0.05, 0.1) is 7.11 Å². The average Bonchev–Trinajstić information content (AvgIpc) is 2.68. The number of ether oxygens (including phenoxy) is 2. The molecule has 1 unspecified atom stereocenters. The molecular weight excluding hydrogens is 328 g/mol. The summed E-state index contributed by atoms with van der Waals surface area (Å²) in [7, 11) is 1.63. The Kier molecular flexibility index (Phi) is 6.36. The van der Waals surface area contributed by atoms with Gasteiger partial charge in [-0.15, -0.1) is 0 Å². The van der Waals surface area contributed by atoms with E-state index in [0.29, 0.717) is 12.3 Å². The minimum absolute atomic E-state index is 0.283. The molecule has 5 heteroatoms. The van der Waals surface area contributed by atoms with E-state index in [1.165, 1.54) is 11.3 Å². The van der Waals surface area contributed by atoms with Crippen LogP contribution in [0.1, 0.15) is 5.56 Å². The van der Waals surface area contributed by atoms with Crippen LogP contribution in [0.2, 0.25) is 0 Å². The van der Waals surface area contributed by atoms with E-state index >= 15 is 0 Å². The predicted octanol–water partition coefficient (Wildman–Crippen LogP) is 2.57. The summed E-state index contributed by atoms with van der Waals surface area (Å²) in [4.78, 5) is 4.72. The highest BCUT2D eigenvalue weighted by Crippen LogP contribution is 2.21. The first-order valence-electron chi connectivity index (χ1n) is 9.13. The molecule has 1 fully saturated rings. The third kappa shape index (κ3) is 4.90. The van der Waals surface area contributed by atoms with Crippen LogP contribution in [0.3, 0.4) is 0 Å². The van der Waals surface area contributed by atoms with Gasteiger partial charge in [-0.3, -0.25) is 4.90 Å². The topological polar surface area (TPSA) is 45.2 Å². The third-order valence-electron chi connectivity index (χ3n) is 4.78. The molecule has 0 aromatic heterocycles. The minimum Gasteiger partial charge on any atom is -0.497 e. The highest BCUT2D eigenvalue weighted by atomic mass is 16.5. The number of para-hydroxylation sites is 1. The number of aliphatic hydroxyl groups is 1. The summed E-state index contributed by atoms with van der Waals surface area (Å²) in [6.45, 7) is 6.93. The van der Waals surface area contributed by atoms with Gasteiger partial charge < -0.3 is 19.5 Å². The van der Waals surface area contributed by atoms with Crippen molar-refractivity contribution in [3.8, 4) is 11.5 Å². The summed E-state index contributed by atoms with van der Waals surface area (Å²) < 4.78 is 10.9. The van der Waals surface area contributed by atoms with Crippen molar-refractivity contribution in [3.05, 3.63) is 54.1 Å². The number of aliphatic hydroxyl groups excluding tert-OH is 1. The van der Waals surface area contributed by atoms with Crippen molar-refractivity contribution in [1.82, 2.24) is 4.90 Å². The number of hydrogen-bond donors (Lipinski definition) is 1. The predicted molar refractivity (Wildman–Crippen MR) is 104 cm³/mol. The molecule has 1 N–H and O–H groups in total. The van der Waals surface area contributed by atoms with E-state index < -0.39 is 6.10 Å². The molecular formula is C21H28N2O3. The van der Waals surface area contributed by atoms with Crippen molar-refractivity contribution in [2.75, 3.05) is 51.3 Å². The van der Waals surface area contributed by atoms with Gasteiger partial charge in [0.25, 0.3) is 0 Å². The maximum absolute atomic E-state index is 10.3. The van der Waals surface area contributed by atoms with E-state index in [-0.39, 0.29) is 6.61 Å². The summed E-state index contributed by atoms with van der Waals surface area (Å²) in [5.41, 5.74) is 2.63. The maximum Gasteiger partial charge on any atom is 0.123 e. The highest BCUT2D eigenvalue weighted by molar-refractivity contribution is 5.53. The molecule has 0 aliphatic carbocycles. The lowest BCUT2D eigenvalue weighted by Gasteiger charge is -2.37. The Balaban J connectivity index is 1.43. The Hall–Kier alpha value is -2.24. The Bertz CT molecular complexity index is 699. The first kappa shape index (κ1) is 18.5. The lowest BCUT2D eigenvalue weighted by molar-refractivity contribution is 0.0662. The first-order valence-corrected chi connectivity index (χ1v) is 9.13. The van der Waals surface area contributed by atoms with Gasteiger partial charge in [-0.25, -0.2) is 0 Å². The summed E-state index contributed by atoms with van der Waals surface area (Å²) in [5, 5.41) is 10.3. The number of methoxy groups -OCH3 is 1. The monoisotopic (exact) mass is 356 g/mol. The number of piperazine rings is 1. The molecule has 1 saturated heterocycles. The Morgan fingerprint density at radius 3 is 2.46 bits per heavy atom. The fourth-order valence-electron chi connectivity index (χ4n) is 3.32. The molecule has 140 valence electrons. The molecule has 0 amide bonds. The van der Waals surface area contributed by atoms with Crippen LogP contribution in [0.25, 0.3) is 0 Å². The zero-order valence-corrected chi connectivity index (χ0v) is 15.6. The fraction of sp³-hybridized carbons (Fsp3) is 0.429. The van der Waals surface area contributed by atoms with E-state index in [0.717, 1.165) is 31.9 Å². The summed E-state index contributed by atoms with van der Waals surface area (Å²) in [5.74, 6) is 1.47. The number of anilines is 1. The SMILES string of the molecule is COc1cccc(OCC(O)CN2CCN(c3ccccc3C)CC2)c1. The standard InChI is InChI=1S/C21H28N2O3/c1-17-6-3-4-9-21(17)23-12-10-22(11-13-23)15-18(24)16-26-20-8-5-7-19(14-20)25-2/h3-9,14,18,24H,10-13,15-16H2,1-2H3. The smallest absolute Gasteiger partial charge is 0.123 e. The Morgan fingerprint density at radius 2 is 1.73 bits per heavy atom. The van der Waals surface area contributed by atoms with Crippen LogP contribution >= 0.6 is 0 Å². The van der Waals surface area contributed by atoms with Crippen LogP contribution in [-0.4, -0.2) is 62.6 Å². The molecule has 0 spiro atoms. The van der Waals surface area contributed by atoms with Crippen LogP contribution in [0.4, 0.5) is 5.69 Å². The third-order valence-corrected chi connectivity index (χ3v) is 4.78. The molecule has 0 radical (unpaired) electrons. The lowest BCUT2D eigenvalue weighted by Crippen LogP contribution is -2.49. The molecule has 1 aliphatic heterocycles. The molecule has 2 aromatic rings. The lowest BCUT2D eigenvalue weighted by atomic mass is 10.1. The van der Waals surface area contributed by atoms with Crippen molar-refractivity contribution >= 4 is 5.69 Å². The van der Waals surface area contributed by atoms with Crippen LogP contribution < -0.4 is 14.4 Å². The molecule has 0 bridgehead atoms. The molecule has 1 aliphatic rings. The second kappa shape index (κ2) is 8.92. The first-order chi connectivity index (χ1) is 12.7. The van der Waals surface area contributed by atoms with Crippen molar-refractivity contribution in [2.24, 2.45) is 0 Å². The molecule has 1 atom stereocenters. The second-order valence-electron chi connectivity index (χ2n) is 6.72. The number of rotatable bonds is 7. The largest absolute Gasteiger partial charge is 0.497 e. The van der Waals surface area contributed by atoms with Gasteiger partial charge in [0.2, 0.25) is 0 Å². The maximum atomic E-state index is 10.3. The molecule has 2 aromatic carbocycles. The van der Waals surface area contributed by atoms with Crippen LogP contribution in [0.5, 0.6) is 11.5 Å². The molecule has 3 rings (SSSR count). The van der Waals surface area contributed by atoms with Gasteiger partial charge in [-0.1, -0.05) is 24.3 Å². The molecule has 26 heavy (non-hydrogen) atoms. The van der Waals surface area contributed by atoms with Crippen molar-refractivity contribution in [1.29, 1.82) is 0 Å². The van der Waals surface area contributed by atoms with Crippen LogP contribution in [0.15, 0.2) is 48.5 Å². The number of nitrogens with zero attached hydrogens (tertiary/aromatic N) is 2. The van der Waals surface area contributed by atoms with Crippen LogP contribution in [0, 0.1) is 6.92 Å². The van der Waals surface area contributed by atoms with E-state index in [1.54, 1.807) is 7.11 Å². The van der Waals surface area contributed by atoms with E-state index in [2.05, 4.69) is 41.0 Å². The molecule has 5 nitrogen and oxygen atoms in total. The second-order valence-corrected chi connectivity index (χ2v) is 6.72. The van der Waals surface area contributed by atoms with Gasteiger partial charge in [0.1, 0.15) is 24.2 Å². The van der Waals surface area contributed by atoms with Crippen LogP contribution in [-0.2, 0) is 0 Å². The number of aryl methyl sites for hydroxylation is 1. The van der Waals surface area contributed by atoms with E-state index in [1.807, 2.05) is 24.3 Å². The summed E-state index contributed by atoms with van der Waals surface area (Å²) in [6, 6.07) is 16.0. The normalized spacial score (nSPS) is 16.3. The van der Waals surface area contributed by atoms with E-state index in [4.69, 9.17) is 9.47 Å². The fourth-order valence-corrected chi connectivity index (χ4v) is 3.32. The van der Waals surface area contributed by atoms with Crippen molar-refractivity contribution in [3.63, 3.8) is 0 Å². The Morgan fingerprint density at radius 1 is 1.00 bits per heavy atom. The van der Waals surface area contributed by atoms with E-state index in [9.17, 15) is 5.11 Å². The highest BCUT2D eigenvalue weighted by Gasteiger charge is 2.20. The number of hydrogen-bond acceptors (Lipinski definition) is 5.